The van der Waals surface area contributed by atoms with Crippen LogP contribution < -0.4 is 5.32 Å². The molecular formula is C17H23BrN4O3. The van der Waals surface area contributed by atoms with E-state index in [1.807, 2.05) is 45.0 Å². The second-order valence-electron chi connectivity index (χ2n) is 5.38. The number of benzene rings is 1. The molecule has 1 atom stereocenters. The van der Waals surface area contributed by atoms with Crippen LogP contribution in [0.25, 0.3) is 0 Å². The average Bonchev–Trinajstić information content (AvgIpc) is 3.04. The van der Waals surface area contributed by atoms with Gasteiger partial charge in [0.2, 0.25) is 0 Å². The Morgan fingerprint density at radius 2 is 1.96 bits per heavy atom. The van der Waals surface area contributed by atoms with Crippen molar-refractivity contribution in [1.82, 2.24) is 20.3 Å². The molecule has 0 aliphatic rings. The van der Waals surface area contributed by atoms with Gasteiger partial charge in [0.05, 0.1) is 18.8 Å². The Labute approximate surface area is 155 Å². The fraction of sp³-hybridized carbons (Fsp3) is 0.471. The highest BCUT2D eigenvalue weighted by molar-refractivity contribution is 9.10. The van der Waals surface area contributed by atoms with Crippen LogP contribution >= 0.6 is 15.9 Å². The van der Waals surface area contributed by atoms with E-state index < -0.39 is 6.29 Å². The predicted octanol–water partition coefficient (Wildman–Crippen LogP) is 2.93. The topological polar surface area (TPSA) is 78.3 Å². The van der Waals surface area contributed by atoms with Gasteiger partial charge in [0.15, 0.2) is 12.0 Å². The molecule has 0 aliphatic carbocycles. The van der Waals surface area contributed by atoms with Crippen LogP contribution in [0.2, 0.25) is 0 Å². The molecule has 0 radical (unpaired) electrons. The fourth-order valence-electron chi connectivity index (χ4n) is 2.34. The van der Waals surface area contributed by atoms with Gasteiger partial charge >= 0.3 is 0 Å². The van der Waals surface area contributed by atoms with Crippen LogP contribution in [0.3, 0.4) is 0 Å². The number of rotatable bonds is 9. The van der Waals surface area contributed by atoms with E-state index in [4.69, 9.17) is 9.47 Å². The molecule has 2 rings (SSSR count). The SMILES string of the molecule is CCOC(Cn1cc(C(=O)NC(C)c2ccccc2Br)nn1)OCC. The molecule has 8 heteroatoms. The largest absolute Gasteiger partial charge is 0.351 e. The summed E-state index contributed by atoms with van der Waals surface area (Å²) in [5.74, 6) is -0.279. The number of ether oxygens (including phenoxy) is 2. The van der Waals surface area contributed by atoms with E-state index in [0.717, 1.165) is 10.0 Å². The van der Waals surface area contributed by atoms with Gasteiger partial charge in [-0.25, -0.2) is 4.68 Å². The Morgan fingerprint density at radius 1 is 1.28 bits per heavy atom. The summed E-state index contributed by atoms with van der Waals surface area (Å²) in [6.45, 7) is 7.17. The third kappa shape index (κ3) is 5.62. The predicted molar refractivity (Wildman–Crippen MR) is 97.1 cm³/mol. The molecule has 0 saturated carbocycles. The van der Waals surface area contributed by atoms with Crippen molar-refractivity contribution in [2.24, 2.45) is 0 Å². The highest BCUT2D eigenvalue weighted by Crippen LogP contribution is 2.22. The maximum absolute atomic E-state index is 12.4. The van der Waals surface area contributed by atoms with E-state index in [-0.39, 0.29) is 17.6 Å². The first-order valence-electron chi connectivity index (χ1n) is 8.23. The lowest BCUT2D eigenvalue weighted by atomic mass is 10.1. The van der Waals surface area contributed by atoms with E-state index >= 15 is 0 Å². The summed E-state index contributed by atoms with van der Waals surface area (Å²) in [5.41, 5.74) is 1.25. The summed E-state index contributed by atoms with van der Waals surface area (Å²) < 4.78 is 13.4. The Hall–Kier alpha value is -1.77. The summed E-state index contributed by atoms with van der Waals surface area (Å²) in [6, 6.07) is 7.60. The molecule has 136 valence electrons. The molecule has 7 nitrogen and oxygen atoms in total. The molecule has 1 heterocycles. The van der Waals surface area contributed by atoms with Gasteiger partial charge in [-0.1, -0.05) is 39.3 Å². The van der Waals surface area contributed by atoms with Gasteiger partial charge in [0, 0.05) is 17.7 Å². The number of carbonyl (C=O) groups is 1. The second-order valence-corrected chi connectivity index (χ2v) is 6.24. The standard InChI is InChI=1S/C17H23BrN4O3/c1-4-24-16(25-5-2)11-22-10-15(20-21-22)17(23)19-12(3)13-8-6-7-9-14(13)18/h6-10,12,16H,4-5,11H2,1-3H3,(H,19,23). The van der Waals surface area contributed by atoms with Crippen molar-refractivity contribution in [3.8, 4) is 0 Å². The van der Waals surface area contributed by atoms with Gasteiger partial charge in [0.1, 0.15) is 0 Å². The molecule has 0 fully saturated rings. The maximum atomic E-state index is 12.4. The van der Waals surface area contributed by atoms with Gasteiger partial charge in [-0.2, -0.15) is 0 Å². The quantitative estimate of drug-likeness (QED) is 0.642. The molecule has 1 amide bonds. The van der Waals surface area contributed by atoms with Crippen LogP contribution in [0.4, 0.5) is 0 Å². The Morgan fingerprint density at radius 3 is 2.60 bits per heavy atom. The molecular weight excluding hydrogens is 388 g/mol. The molecule has 2 aromatic rings. The summed E-state index contributed by atoms with van der Waals surface area (Å²) in [7, 11) is 0. The Bertz CT molecular complexity index is 686. The first kappa shape index (κ1) is 19.6. The highest BCUT2D eigenvalue weighted by Gasteiger charge is 2.17. The van der Waals surface area contributed by atoms with Gasteiger partial charge in [-0.15, -0.1) is 5.10 Å². The number of amides is 1. The minimum Gasteiger partial charge on any atom is -0.351 e. The normalized spacial score (nSPS) is 12.4. The van der Waals surface area contributed by atoms with E-state index in [0.29, 0.717) is 19.8 Å². The molecule has 1 unspecified atom stereocenters. The van der Waals surface area contributed by atoms with Crippen LogP contribution in [0.1, 0.15) is 42.9 Å². The summed E-state index contributed by atoms with van der Waals surface area (Å²) in [4.78, 5) is 12.4. The summed E-state index contributed by atoms with van der Waals surface area (Å²) in [5, 5.41) is 10.8. The number of aromatic nitrogens is 3. The minimum atomic E-state index is -0.410. The van der Waals surface area contributed by atoms with Gasteiger partial charge in [-0.05, 0) is 32.4 Å². The fourth-order valence-corrected chi connectivity index (χ4v) is 2.97. The average molecular weight is 411 g/mol. The van der Waals surface area contributed by atoms with Crippen LogP contribution in [-0.4, -0.2) is 40.4 Å². The molecule has 0 saturated heterocycles. The zero-order chi connectivity index (χ0) is 18.2. The molecule has 1 aromatic heterocycles. The van der Waals surface area contributed by atoms with E-state index in [1.54, 1.807) is 10.9 Å². The zero-order valence-corrected chi connectivity index (χ0v) is 16.2. The van der Waals surface area contributed by atoms with Crippen LogP contribution in [0, 0.1) is 0 Å². The number of hydrogen-bond donors (Lipinski definition) is 1. The molecule has 25 heavy (non-hydrogen) atoms. The van der Waals surface area contributed by atoms with Crippen molar-refractivity contribution < 1.29 is 14.3 Å². The molecule has 0 aliphatic heterocycles. The maximum Gasteiger partial charge on any atom is 0.273 e. The smallest absolute Gasteiger partial charge is 0.273 e. The number of halogens is 1. The number of nitrogens with one attached hydrogen (secondary N) is 1. The Balaban J connectivity index is 1.99. The zero-order valence-electron chi connectivity index (χ0n) is 14.6. The van der Waals surface area contributed by atoms with Crippen molar-refractivity contribution in [3.63, 3.8) is 0 Å². The van der Waals surface area contributed by atoms with Gasteiger partial charge in [0.25, 0.3) is 5.91 Å². The summed E-state index contributed by atoms with van der Waals surface area (Å²) in [6.07, 6.45) is 1.18. The molecule has 0 spiro atoms. The van der Waals surface area contributed by atoms with Crippen LogP contribution in [0.15, 0.2) is 34.9 Å². The highest BCUT2D eigenvalue weighted by atomic mass is 79.9. The Kier molecular flexibility index (Phi) is 7.54. The first-order valence-corrected chi connectivity index (χ1v) is 9.03. The van der Waals surface area contributed by atoms with Crippen molar-refractivity contribution >= 4 is 21.8 Å². The second kappa shape index (κ2) is 9.65. The van der Waals surface area contributed by atoms with Gasteiger partial charge in [-0.3, -0.25) is 4.79 Å². The third-order valence-corrected chi connectivity index (χ3v) is 4.25. The number of nitrogens with zero attached hydrogens (tertiary/aromatic N) is 3. The summed E-state index contributed by atoms with van der Waals surface area (Å²) >= 11 is 3.49. The lowest BCUT2D eigenvalue weighted by Gasteiger charge is -2.16. The minimum absolute atomic E-state index is 0.159. The van der Waals surface area contributed by atoms with E-state index in [9.17, 15) is 4.79 Å². The molecule has 1 aromatic carbocycles. The lowest BCUT2D eigenvalue weighted by molar-refractivity contribution is -0.145. The number of carbonyl (C=O) groups excluding carboxylic acids is 1. The third-order valence-electron chi connectivity index (χ3n) is 3.53. The lowest BCUT2D eigenvalue weighted by Crippen LogP contribution is -2.27. The molecule has 0 bridgehead atoms. The van der Waals surface area contributed by atoms with E-state index in [1.165, 1.54) is 0 Å². The van der Waals surface area contributed by atoms with Crippen molar-refractivity contribution in [2.45, 2.75) is 39.6 Å². The first-order chi connectivity index (χ1) is 12.0. The van der Waals surface area contributed by atoms with E-state index in [2.05, 4.69) is 31.6 Å². The monoisotopic (exact) mass is 410 g/mol. The number of hydrogen-bond acceptors (Lipinski definition) is 5. The van der Waals surface area contributed by atoms with Crippen LogP contribution in [0.5, 0.6) is 0 Å². The van der Waals surface area contributed by atoms with Crippen molar-refractivity contribution in [3.05, 3.63) is 46.2 Å². The molecule has 1 N–H and O–H groups in total. The van der Waals surface area contributed by atoms with Gasteiger partial charge < -0.3 is 14.8 Å². The van der Waals surface area contributed by atoms with Crippen molar-refractivity contribution in [1.29, 1.82) is 0 Å². The van der Waals surface area contributed by atoms with Crippen molar-refractivity contribution in [2.75, 3.05) is 13.2 Å². The van der Waals surface area contributed by atoms with Crippen LogP contribution in [-0.2, 0) is 16.0 Å².